The molecular formula is C20H16F4N4O2. The highest BCUT2D eigenvalue weighted by Gasteiger charge is 2.41. The molecule has 3 rings (SSSR count). The van der Waals surface area contributed by atoms with Gasteiger partial charge < -0.3 is 10.6 Å². The SMILES string of the molecule is CC(=O)Nc1ccc(NC(=O)c2cnn(-c3ccccc3F)c2C(F)(F)F)cc1C. The number of para-hydroxylation sites is 1. The molecule has 6 nitrogen and oxygen atoms in total. The third-order valence-electron chi connectivity index (χ3n) is 4.16. The van der Waals surface area contributed by atoms with Crippen LogP contribution in [-0.4, -0.2) is 21.6 Å². The fourth-order valence-corrected chi connectivity index (χ4v) is 2.86. The van der Waals surface area contributed by atoms with E-state index in [-0.39, 0.29) is 11.6 Å². The number of rotatable bonds is 4. The lowest BCUT2D eigenvalue weighted by molar-refractivity contribution is -0.143. The van der Waals surface area contributed by atoms with E-state index in [0.717, 1.165) is 18.3 Å². The zero-order chi connectivity index (χ0) is 22.1. The number of carbonyl (C=O) groups is 2. The maximum Gasteiger partial charge on any atom is 0.434 e. The molecule has 156 valence electrons. The van der Waals surface area contributed by atoms with Crippen LogP contribution in [0.4, 0.5) is 28.9 Å². The van der Waals surface area contributed by atoms with E-state index >= 15 is 0 Å². The van der Waals surface area contributed by atoms with Crippen molar-refractivity contribution in [3.05, 3.63) is 71.3 Å². The number of hydrogen-bond acceptors (Lipinski definition) is 3. The molecule has 0 fully saturated rings. The molecule has 0 aliphatic rings. The number of hydrogen-bond donors (Lipinski definition) is 2. The van der Waals surface area contributed by atoms with Gasteiger partial charge in [-0.15, -0.1) is 0 Å². The van der Waals surface area contributed by atoms with Crippen LogP contribution in [0.3, 0.4) is 0 Å². The molecule has 0 spiro atoms. The highest BCUT2D eigenvalue weighted by atomic mass is 19.4. The van der Waals surface area contributed by atoms with Gasteiger partial charge in [0.15, 0.2) is 5.69 Å². The van der Waals surface area contributed by atoms with Gasteiger partial charge in [-0.3, -0.25) is 9.59 Å². The number of aryl methyl sites for hydroxylation is 1. The number of halogens is 4. The Labute approximate surface area is 168 Å². The first-order valence-corrected chi connectivity index (χ1v) is 8.67. The molecule has 3 aromatic rings. The van der Waals surface area contributed by atoms with Crippen molar-refractivity contribution < 1.29 is 27.2 Å². The molecular weight excluding hydrogens is 404 g/mol. The van der Waals surface area contributed by atoms with Crippen LogP contribution in [-0.2, 0) is 11.0 Å². The van der Waals surface area contributed by atoms with Crippen LogP contribution >= 0.6 is 0 Å². The summed E-state index contributed by atoms with van der Waals surface area (Å²) in [6.45, 7) is 3.00. The van der Waals surface area contributed by atoms with Gasteiger partial charge in [0, 0.05) is 18.3 Å². The Morgan fingerprint density at radius 1 is 1.07 bits per heavy atom. The summed E-state index contributed by atoms with van der Waals surface area (Å²) in [5.41, 5.74) is -1.26. The van der Waals surface area contributed by atoms with Gasteiger partial charge >= 0.3 is 6.18 Å². The van der Waals surface area contributed by atoms with E-state index in [2.05, 4.69) is 15.7 Å². The monoisotopic (exact) mass is 420 g/mol. The minimum Gasteiger partial charge on any atom is -0.326 e. The van der Waals surface area contributed by atoms with E-state index in [9.17, 15) is 27.2 Å². The zero-order valence-corrected chi connectivity index (χ0v) is 15.8. The predicted octanol–water partition coefficient (Wildman–Crippen LogP) is 4.55. The predicted molar refractivity (Wildman–Crippen MR) is 102 cm³/mol. The van der Waals surface area contributed by atoms with Gasteiger partial charge in [0.05, 0.1) is 11.8 Å². The van der Waals surface area contributed by atoms with Gasteiger partial charge in [-0.2, -0.15) is 18.3 Å². The van der Waals surface area contributed by atoms with Gasteiger partial charge in [-0.05, 0) is 42.8 Å². The first-order chi connectivity index (χ1) is 14.1. The molecule has 2 aromatic carbocycles. The van der Waals surface area contributed by atoms with Crippen molar-refractivity contribution >= 4 is 23.2 Å². The molecule has 0 aliphatic heterocycles. The van der Waals surface area contributed by atoms with Crippen molar-refractivity contribution in [2.45, 2.75) is 20.0 Å². The lowest BCUT2D eigenvalue weighted by Crippen LogP contribution is -2.21. The Morgan fingerprint density at radius 3 is 2.37 bits per heavy atom. The Balaban J connectivity index is 1.96. The van der Waals surface area contributed by atoms with Crippen LogP contribution in [0, 0.1) is 12.7 Å². The normalized spacial score (nSPS) is 11.3. The molecule has 0 saturated carbocycles. The van der Waals surface area contributed by atoms with Crippen LogP contribution in [0.2, 0.25) is 0 Å². The maximum absolute atomic E-state index is 14.0. The minimum atomic E-state index is -4.96. The van der Waals surface area contributed by atoms with E-state index in [1.165, 1.54) is 37.3 Å². The smallest absolute Gasteiger partial charge is 0.326 e. The van der Waals surface area contributed by atoms with Crippen molar-refractivity contribution in [1.29, 1.82) is 0 Å². The highest BCUT2D eigenvalue weighted by molar-refractivity contribution is 6.05. The molecule has 1 aromatic heterocycles. The lowest BCUT2D eigenvalue weighted by Gasteiger charge is -2.14. The molecule has 0 aliphatic carbocycles. The number of aromatic nitrogens is 2. The zero-order valence-electron chi connectivity index (χ0n) is 15.8. The van der Waals surface area contributed by atoms with Crippen molar-refractivity contribution in [3.8, 4) is 5.69 Å². The number of nitrogens with zero attached hydrogens (tertiary/aromatic N) is 2. The molecule has 0 atom stereocenters. The Hall–Kier alpha value is -3.69. The third kappa shape index (κ3) is 4.32. The topological polar surface area (TPSA) is 76.0 Å². The summed E-state index contributed by atoms with van der Waals surface area (Å²) in [5.74, 6) is -2.26. The van der Waals surface area contributed by atoms with Crippen molar-refractivity contribution in [2.75, 3.05) is 10.6 Å². The number of benzene rings is 2. The van der Waals surface area contributed by atoms with Gasteiger partial charge in [-0.1, -0.05) is 12.1 Å². The standard InChI is InChI=1S/C20H16F4N4O2/c1-11-9-13(7-8-16(11)26-12(2)29)27-19(30)14-10-25-28(18(14)20(22,23)24)17-6-4-3-5-15(17)21/h3-10H,1-2H3,(H,26,29)(H,27,30). The summed E-state index contributed by atoms with van der Waals surface area (Å²) in [7, 11) is 0. The number of carbonyl (C=O) groups excluding carboxylic acids is 2. The van der Waals surface area contributed by atoms with E-state index in [1.807, 2.05) is 0 Å². The molecule has 2 N–H and O–H groups in total. The fourth-order valence-electron chi connectivity index (χ4n) is 2.86. The summed E-state index contributed by atoms with van der Waals surface area (Å²) in [5, 5.41) is 8.55. The van der Waals surface area contributed by atoms with E-state index in [1.54, 1.807) is 6.92 Å². The van der Waals surface area contributed by atoms with Gasteiger partial charge in [0.25, 0.3) is 5.91 Å². The maximum atomic E-state index is 14.0. The summed E-state index contributed by atoms with van der Waals surface area (Å²) in [6.07, 6.45) is -4.22. The van der Waals surface area contributed by atoms with Crippen molar-refractivity contribution in [3.63, 3.8) is 0 Å². The second-order valence-electron chi connectivity index (χ2n) is 6.43. The molecule has 0 radical (unpaired) electrons. The molecule has 0 unspecified atom stereocenters. The van der Waals surface area contributed by atoms with Crippen LogP contribution in [0.1, 0.15) is 28.5 Å². The average molecular weight is 420 g/mol. The third-order valence-corrected chi connectivity index (χ3v) is 4.16. The Morgan fingerprint density at radius 2 is 1.77 bits per heavy atom. The Kier molecular flexibility index (Phi) is 5.59. The molecule has 10 heteroatoms. The van der Waals surface area contributed by atoms with E-state index in [0.29, 0.717) is 15.9 Å². The molecule has 30 heavy (non-hydrogen) atoms. The first-order valence-electron chi connectivity index (χ1n) is 8.67. The summed E-state index contributed by atoms with van der Waals surface area (Å²) >= 11 is 0. The largest absolute Gasteiger partial charge is 0.434 e. The van der Waals surface area contributed by atoms with Crippen molar-refractivity contribution in [1.82, 2.24) is 9.78 Å². The fraction of sp³-hybridized carbons (Fsp3) is 0.150. The quantitative estimate of drug-likeness (QED) is 0.608. The van der Waals surface area contributed by atoms with Crippen LogP contribution < -0.4 is 10.6 Å². The van der Waals surface area contributed by atoms with Gasteiger partial charge in [-0.25, -0.2) is 9.07 Å². The summed E-state index contributed by atoms with van der Waals surface area (Å²) < 4.78 is 55.5. The van der Waals surface area contributed by atoms with Crippen LogP contribution in [0.25, 0.3) is 5.69 Å². The number of anilines is 2. The molecule has 1 heterocycles. The van der Waals surface area contributed by atoms with Gasteiger partial charge in [0.1, 0.15) is 11.5 Å². The first kappa shape index (κ1) is 21.0. The average Bonchev–Trinajstić information content (AvgIpc) is 3.09. The van der Waals surface area contributed by atoms with E-state index < -0.39 is 34.8 Å². The second-order valence-corrected chi connectivity index (χ2v) is 6.43. The molecule has 0 bridgehead atoms. The molecule has 0 saturated heterocycles. The number of nitrogens with one attached hydrogen (secondary N) is 2. The second kappa shape index (κ2) is 7.97. The summed E-state index contributed by atoms with van der Waals surface area (Å²) in [6, 6.07) is 9.26. The van der Waals surface area contributed by atoms with E-state index in [4.69, 9.17) is 0 Å². The minimum absolute atomic E-state index is 0.221. The van der Waals surface area contributed by atoms with Crippen LogP contribution in [0.15, 0.2) is 48.7 Å². The Bertz CT molecular complexity index is 1120. The highest BCUT2D eigenvalue weighted by Crippen LogP contribution is 2.34. The number of alkyl halides is 3. The lowest BCUT2D eigenvalue weighted by atomic mass is 10.1. The van der Waals surface area contributed by atoms with Gasteiger partial charge in [0.2, 0.25) is 5.91 Å². The van der Waals surface area contributed by atoms with Crippen molar-refractivity contribution in [2.24, 2.45) is 0 Å². The molecule has 2 amide bonds. The number of amides is 2. The van der Waals surface area contributed by atoms with Crippen LogP contribution in [0.5, 0.6) is 0 Å². The summed E-state index contributed by atoms with van der Waals surface area (Å²) in [4.78, 5) is 23.7.